The van der Waals surface area contributed by atoms with Gasteiger partial charge in [0.15, 0.2) is 0 Å². The van der Waals surface area contributed by atoms with Gasteiger partial charge in [-0.2, -0.15) is 0 Å². The topological polar surface area (TPSA) is 52.3 Å². The lowest BCUT2D eigenvalue weighted by Crippen LogP contribution is -2.36. The molecule has 3 heteroatoms. The van der Waals surface area contributed by atoms with E-state index in [4.69, 9.17) is 10.5 Å². The van der Waals surface area contributed by atoms with Crippen molar-refractivity contribution in [1.29, 1.82) is 0 Å². The second kappa shape index (κ2) is 6.82. The summed E-state index contributed by atoms with van der Waals surface area (Å²) in [6.45, 7) is 6.11. The molecular formula is C11H23NO2. The Hall–Kier alpha value is -0.570. The van der Waals surface area contributed by atoms with E-state index in [1.165, 1.54) is 12.8 Å². The van der Waals surface area contributed by atoms with E-state index in [1.807, 2.05) is 6.92 Å². The molecule has 0 aliphatic heterocycles. The van der Waals surface area contributed by atoms with Gasteiger partial charge in [0.25, 0.3) is 0 Å². The Labute approximate surface area is 87.0 Å². The molecule has 0 fully saturated rings. The third kappa shape index (κ3) is 4.09. The van der Waals surface area contributed by atoms with Gasteiger partial charge < -0.3 is 10.5 Å². The first-order valence-electron chi connectivity index (χ1n) is 5.36. The average molecular weight is 201 g/mol. The van der Waals surface area contributed by atoms with Crippen LogP contribution >= 0.6 is 0 Å². The van der Waals surface area contributed by atoms with Crippen molar-refractivity contribution in [1.82, 2.24) is 0 Å². The molecular weight excluding hydrogens is 178 g/mol. The second-order valence-electron chi connectivity index (χ2n) is 4.01. The molecule has 0 aromatic carbocycles. The summed E-state index contributed by atoms with van der Waals surface area (Å²) in [6.07, 6.45) is 3.39. The zero-order valence-corrected chi connectivity index (χ0v) is 9.75. The zero-order chi connectivity index (χ0) is 11.1. The van der Waals surface area contributed by atoms with Crippen LogP contribution in [-0.4, -0.2) is 19.1 Å². The molecule has 0 saturated heterocycles. The predicted octanol–water partition coefficient (Wildman–Crippen LogP) is 1.95. The minimum atomic E-state index is -0.278. The number of carbonyl (C=O) groups excluding carboxylic acids is 1. The fraction of sp³-hybridized carbons (Fsp3) is 0.909. The lowest BCUT2D eigenvalue weighted by Gasteiger charge is -2.26. The van der Waals surface area contributed by atoms with Gasteiger partial charge in [-0.25, -0.2) is 0 Å². The fourth-order valence-corrected chi connectivity index (χ4v) is 1.78. The van der Waals surface area contributed by atoms with Gasteiger partial charge in [0.2, 0.25) is 5.91 Å². The van der Waals surface area contributed by atoms with E-state index in [-0.39, 0.29) is 17.9 Å². The predicted molar refractivity (Wildman–Crippen MR) is 57.8 cm³/mol. The van der Waals surface area contributed by atoms with Crippen LogP contribution in [0.1, 0.15) is 40.0 Å². The van der Waals surface area contributed by atoms with Gasteiger partial charge in [-0.05, 0) is 12.3 Å². The van der Waals surface area contributed by atoms with E-state index in [9.17, 15) is 4.79 Å². The molecule has 1 amide bonds. The molecule has 0 saturated carbocycles. The Morgan fingerprint density at radius 3 is 2.36 bits per heavy atom. The van der Waals surface area contributed by atoms with Gasteiger partial charge in [0, 0.05) is 7.11 Å². The number of hydrogen-bond donors (Lipinski definition) is 1. The van der Waals surface area contributed by atoms with Crippen LogP contribution < -0.4 is 5.73 Å². The van der Waals surface area contributed by atoms with Crippen LogP contribution in [0.4, 0.5) is 0 Å². The standard InChI is InChI=1S/C11H23NO2/c1-5-6-7-8(2)10(14-4)9(3)11(12)13/h8-10H,5-7H2,1-4H3,(H2,12,13)/t8-,9+,10-/m0/s1. The molecule has 0 unspecified atom stereocenters. The van der Waals surface area contributed by atoms with Crippen molar-refractivity contribution in [3.63, 3.8) is 0 Å². The molecule has 0 rings (SSSR count). The Morgan fingerprint density at radius 2 is 2.00 bits per heavy atom. The highest BCUT2D eigenvalue weighted by molar-refractivity contribution is 5.76. The highest BCUT2D eigenvalue weighted by atomic mass is 16.5. The molecule has 0 radical (unpaired) electrons. The lowest BCUT2D eigenvalue weighted by atomic mass is 9.89. The number of hydrogen-bond acceptors (Lipinski definition) is 2. The van der Waals surface area contributed by atoms with E-state index in [1.54, 1.807) is 7.11 Å². The van der Waals surface area contributed by atoms with Gasteiger partial charge in [-0.15, -0.1) is 0 Å². The maximum absolute atomic E-state index is 11.0. The van der Waals surface area contributed by atoms with Crippen LogP contribution in [0.5, 0.6) is 0 Å². The number of unbranched alkanes of at least 4 members (excludes halogenated alkanes) is 1. The van der Waals surface area contributed by atoms with Crippen molar-refractivity contribution in [2.24, 2.45) is 17.6 Å². The quantitative estimate of drug-likeness (QED) is 0.684. The minimum absolute atomic E-state index is 0.0425. The summed E-state index contributed by atoms with van der Waals surface area (Å²) >= 11 is 0. The van der Waals surface area contributed by atoms with E-state index in [2.05, 4.69) is 13.8 Å². The van der Waals surface area contributed by atoms with Crippen molar-refractivity contribution < 1.29 is 9.53 Å². The molecule has 0 aliphatic rings. The highest BCUT2D eigenvalue weighted by Gasteiger charge is 2.26. The van der Waals surface area contributed by atoms with Crippen LogP contribution in [0.15, 0.2) is 0 Å². The van der Waals surface area contributed by atoms with E-state index in [0.29, 0.717) is 5.92 Å². The summed E-state index contributed by atoms with van der Waals surface area (Å²) in [6, 6.07) is 0. The Kier molecular flexibility index (Phi) is 6.54. The molecule has 0 bridgehead atoms. The summed E-state index contributed by atoms with van der Waals surface area (Å²) in [7, 11) is 1.65. The first kappa shape index (κ1) is 13.4. The summed E-state index contributed by atoms with van der Waals surface area (Å²) in [5.74, 6) is -0.0884. The number of methoxy groups -OCH3 is 1. The molecule has 0 aliphatic carbocycles. The number of primary amides is 1. The monoisotopic (exact) mass is 201 g/mol. The van der Waals surface area contributed by atoms with E-state index < -0.39 is 0 Å². The largest absolute Gasteiger partial charge is 0.380 e. The third-order valence-electron chi connectivity index (χ3n) is 2.79. The molecule has 2 N–H and O–H groups in total. The van der Waals surface area contributed by atoms with Gasteiger partial charge in [0.05, 0.1) is 12.0 Å². The number of nitrogens with two attached hydrogens (primary N) is 1. The highest BCUT2D eigenvalue weighted by Crippen LogP contribution is 2.21. The zero-order valence-electron chi connectivity index (χ0n) is 9.75. The fourth-order valence-electron chi connectivity index (χ4n) is 1.78. The SMILES string of the molecule is CCCC[C@H](C)[C@H](OC)[C@@H](C)C(N)=O. The summed E-state index contributed by atoms with van der Waals surface area (Å²) in [5.41, 5.74) is 5.26. The Bertz CT molecular complexity index is 171. The van der Waals surface area contributed by atoms with Crippen molar-refractivity contribution in [2.45, 2.75) is 46.1 Å². The molecule has 0 spiro atoms. The van der Waals surface area contributed by atoms with Gasteiger partial charge in [-0.3, -0.25) is 4.79 Å². The third-order valence-corrected chi connectivity index (χ3v) is 2.79. The van der Waals surface area contributed by atoms with Gasteiger partial charge in [-0.1, -0.05) is 33.6 Å². The molecule has 0 aromatic heterocycles. The number of amides is 1. The maximum atomic E-state index is 11.0. The van der Waals surface area contributed by atoms with Crippen LogP contribution in [-0.2, 0) is 9.53 Å². The molecule has 3 atom stereocenters. The van der Waals surface area contributed by atoms with Crippen LogP contribution in [0, 0.1) is 11.8 Å². The molecule has 3 nitrogen and oxygen atoms in total. The van der Waals surface area contributed by atoms with Gasteiger partial charge >= 0.3 is 0 Å². The molecule has 84 valence electrons. The maximum Gasteiger partial charge on any atom is 0.222 e. The number of carbonyl (C=O) groups is 1. The van der Waals surface area contributed by atoms with Crippen molar-refractivity contribution in [3.8, 4) is 0 Å². The average Bonchev–Trinajstić information content (AvgIpc) is 2.15. The second-order valence-corrected chi connectivity index (χ2v) is 4.01. The van der Waals surface area contributed by atoms with E-state index >= 15 is 0 Å². The Morgan fingerprint density at radius 1 is 1.43 bits per heavy atom. The van der Waals surface area contributed by atoms with Gasteiger partial charge in [0.1, 0.15) is 0 Å². The van der Waals surface area contributed by atoms with Crippen molar-refractivity contribution in [3.05, 3.63) is 0 Å². The van der Waals surface area contributed by atoms with Crippen LogP contribution in [0.2, 0.25) is 0 Å². The molecule has 14 heavy (non-hydrogen) atoms. The molecule has 0 heterocycles. The normalized spacial score (nSPS) is 17.4. The first-order valence-corrected chi connectivity index (χ1v) is 5.36. The summed E-state index contributed by atoms with van der Waals surface area (Å²) < 4.78 is 5.33. The summed E-state index contributed by atoms with van der Waals surface area (Å²) in [4.78, 5) is 11.0. The first-order chi connectivity index (χ1) is 6.54. The van der Waals surface area contributed by atoms with Crippen LogP contribution in [0.3, 0.4) is 0 Å². The summed E-state index contributed by atoms with van der Waals surface area (Å²) in [5, 5.41) is 0. The Balaban J connectivity index is 4.17. The van der Waals surface area contributed by atoms with Crippen molar-refractivity contribution in [2.75, 3.05) is 7.11 Å². The number of rotatable bonds is 7. The smallest absolute Gasteiger partial charge is 0.222 e. The van der Waals surface area contributed by atoms with E-state index in [0.717, 1.165) is 6.42 Å². The van der Waals surface area contributed by atoms with Crippen LogP contribution in [0.25, 0.3) is 0 Å². The molecule has 0 aromatic rings. The van der Waals surface area contributed by atoms with Crippen molar-refractivity contribution >= 4 is 5.91 Å². The minimum Gasteiger partial charge on any atom is -0.380 e. The lowest BCUT2D eigenvalue weighted by molar-refractivity contribution is -0.127. The number of ether oxygens (including phenoxy) is 1.